The molecule has 2 aliphatic heterocycles. The molecule has 1 amide bonds. The molecule has 0 bridgehead atoms. The molecular weight excluding hydrogens is 302 g/mol. The van der Waals surface area contributed by atoms with E-state index >= 15 is 0 Å². The Labute approximate surface area is 144 Å². The number of carbonyl (C=O) groups excluding carboxylic acids is 1. The first-order valence-electron chi connectivity index (χ1n) is 9.37. The van der Waals surface area contributed by atoms with Gasteiger partial charge >= 0.3 is 0 Å². The normalized spacial score (nSPS) is 29.8. The lowest BCUT2D eigenvalue weighted by molar-refractivity contribution is -0.159. The SMILES string of the molecule is O=C(N1CCO[C@H]2CCCC[C@@H]21)C1(c2ccccc2)CCOCC1. The average molecular weight is 329 g/mol. The van der Waals surface area contributed by atoms with Crippen LogP contribution in [0, 0.1) is 0 Å². The summed E-state index contributed by atoms with van der Waals surface area (Å²) >= 11 is 0. The number of hydrogen-bond acceptors (Lipinski definition) is 3. The monoisotopic (exact) mass is 329 g/mol. The minimum Gasteiger partial charge on any atom is -0.381 e. The van der Waals surface area contributed by atoms with Crippen molar-refractivity contribution in [2.45, 2.75) is 56.1 Å². The van der Waals surface area contributed by atoms with Gasteiger partial charge in [-0.05, 0) is 31.2 Å². The van der Waals surface area contributed by atoms with Gasteiger partial charge in [-0.2, -0.15) is 0 Å². The quantitative estimate of drug-likeness (QED) is 0.837. The zero-order valence-electron chi connectivity index (χ0n) is 14.3. The molecule has 0 radical (unpaired) electrons. The highest BCUT2D eigenvalue weighted by molar-refractivity contribution is 5.89. The molecule has 24 heavy (non-hydrogen) atoms. The first kappa shape index (κ1) is 16.1. The Morgan fingerprint density at radius 1 is 1.04 bits per heavy atom. The molecule has 1 aliphatic carbocycles. The Morgan fingerprint density at radius 2 is 1.79 bits per heavy atom. The highest BCUT2D eigenvalue weighted by Gasteiger charge is 2.47. The predicted octanol–water partition coefficient (Wildman–Crippen LogP) is 2.90. The van der Waals surface area contributed by atoms with Crippen LogP contribution in [0.5, 0.6) is 0 Å². The summed E-state index contributed by atoms with van der Waals surface area (Å²) in [5, 5.41) is 0. The van der Waals surface area contributed by atoms with Gasteiger partial charge in [0.05, 0.1) is 24.2 Å². The van der Waals surface area contributed by atoms with E-state index in [2.05, 4.69) is 17.0 Å². The van der Waals surface area contributed by atoms with Crippen LogP contribution in [0.1, 0.15) is 44.1 Å². The van der Waals surface area contributed by atoms with Crippen molar-refractivity contribution in [2.75, 3.05) is 26.4 Å². The van der Waals surface area contributed by atoms with Crippen LogP contribution < -0.4 is 0 Å². The molecule has 2 atom stereocenters. The molecule has 0 aromatic heterocycles. The highest BCUT2D eigenvalue weighted by atomic mass is 16.5. The fourth-order valence-electron chi connectivity index (χ4n) is 4.73. The number of amides is 1. The molecule has 2 saturated heterocycles. The molecule has 1 aromatic carbocycles. The number of carbonyl (C=O) groups is 1. The first-order chi connectivity index (χ1) is 11.8. The van der Waals surface area contributed by atoms with Gasteiger partial charge in [-0.15, -0.1) is 0 Å². The fraction of sp³-hybridized carbons (Fsp3) is 0.650. The third-order valence-electron chi connectivity index (χ3n) is 6.08. The fourth-order valence-corrected chi connectivity index (χ4v) is 4.73. The van der Waals surface area contributed by atoms with E-state index in [9.17, 15) is 4.79 Å². The minimum atomic E-state index is -0.418. The van der Waals surface area contributed by atoms with Crippen LogP contribution >= 0.6 is 0 Å². The molecule has 0 N–H and O–H groups in total. The molecule has 4 nitrogen and oxygen atoms in total. The number of hydrogen-bond donors (Lipinski definition) is 0. The van der Waals surface area contributed by atoms with E-state index < -0.39 is 5.41 Å². The van der Waals surface area contributed by atoms with E-state index in [4.69, 9.17) is 9.47 Å². The molecule has 3 fully saturated rings. The maximum atomic E-state index is 13.7. The lowest BCUT2D eigenvalue weighted by Crippen LogP contribution is -2.60. The second-order valence-corrected chi connectivity index (χ2v) is 7.32. The topological polar surface area (TPSA) is 38.8 Å². The molecule has 1 aromatic rings. The van der Waals surface area contributed by atoms with Crippen molar-refractivity contribution in [3.63, 3.8) is 0 Å². The van der Waals surface area contributed by atoms with Gasteiger partial charge in [0.15, 0.2) is 0 Å². The van der Waals surface area contributed by atoms with Gasteiger partial charge in [0, 0.05) is 19.8 Å². The highest BCUT2D eigenvalue weighted by Crippen LogP contribution is 2.39. The number of benzene rings is 1. The first-order valence-corrected chi connectivity index (χ1v) is 9.37. The van der Waals surface area contributed by atoms with Crippen LogP contribution in [0.4, 0.5) is 0 Å². The van der Waals surface area contributed by atoms with Crippen molar-refractivity contribution >= 4 is 5.91 Å². The van der Waals surface area contributed by atoms with Crippen molar-refractivity contribution < 1.29 is 14.3 Å². The van der Waals surface area contributed by atoms with Gasteiger partial charge in [-0.25, -0.2) is 0 Å². The standard InChI is InChI=1S/C20H27NO3/c22-19(21-12-15-24-18-9-5-4-8-17(18)21)20(10-13-23-14-11-20)16-6-2-1-3-7-16/h1-3,6-7,17-18H,4-5,8-15H2/t17-,18-/m0/s1. The minimum absolute atomic E-state index is 0.240. The van der Waals surface area contributed by atoms with Gasteiger partial charge in [0.2, 0.25) is 5.91 Å². The zero-order chi connectivity index (χ0) is 16.4. The number of ether oxygens (including phenoxy) is 2. The smallest absolute Gasteiger partial charge is 0.233 e. The Morgan fingerprint density at radius 3 is 2.58 bits per heavy atom. The van der Waals surface area contributed by atoms with Crippen LogP contribution in [0.15, 0.2) is 30.3 Å². The number of morpholine rings is 1. The maximum Gasteiger partial charge on any atom is 0.233 e. The molecule has 4 heteroatoms. The Bertz CT molecular complexity index is 566. The summed E-state index contributed by atoms with van der Waals surface area (Å²) in [4.78, 5) is 15.9. The van der Waals surface area contributed by atoms with Gasteiger partial charge in [0.1, 0.15) is 0 Å². The third kappa shape index (κ3) is 2.76. The van der Waals surface area contributed by atoms with Gasteiger partial charge in [0.25, 0.3) is 0 Å². The molecule has 2 heterocycles. The number of nitrogens with zero attached hydrogens (tertiary/aromatic N) is 1. The van der Waals surface area contributed by atoms with Crippen molar-refractivity contribution in [3.05, 3.63) is 35.9 Å². The van der Waals surface area contributed by atoms with E-state index in [0.717, 1.165) is 37.8 Å². The van der Waals surface area contributed by atoms with Crippen LogP contribution in [-0.2, 0) is 19.7 Å². The van der Waals surface area contributed by atoms with Crippen LogP contribution in [0.25, 0.3) is 0 Å². The van der Waals surface area contributed by atoms with E-state index in [1.807, 2.05) is 18.2 Å². The molecular formula is C20H27NO3. The summed E-state index contributed by atoms with van der Waals surface area (Å²) in [6, 6.07) is 10.6. The molecule has 1 saturated carbocycles. The number of rotatable bonds is 2. The summed E-state index contributed by atoms with van der Waals surface area (Å²) in [7, 11) is 0. The summed E-state index contributed by atoms with van der Waals surface area (Å²) in [6.45, 7) is 2.74. The second kappa shape index (κ2) is 6.85. The van der Waals surface area contributed by atoms with Crippen LogP contribution in [0.3, 0.4) is 0 Å². The molecule has 0 unspecified atom stereocenters. The van der Waals surface area contributed by atoms with E-state index in [0.29, 0.717) is 25.7 Å². The Balaban J connectivity index is 1.66. The van der Waals surface area contributed by atoms with Crippen molar-refractivity contribution in [1.82, 2.24) is 4.90 Å². The Kier molecular flexibility index (Phi) is 4.59. The van der Waals surface area contributed by atoms with Crippen molar-refractivity contribution in [3.8, 4) is 0 Å². The summed E-state index contributed by atoms with van der Waals surface area (Å²) in [6.07, 6.45) is 6.41. The number of fused-ring (bicyclic) bond motifs is 1. The van der Waals surface area contributed by atoms with E-state index in [1.165, 1.54) is 12.8 Å². The van der Waals surface area contributed by atoms with E-state index in [1.54, 1.807) is 0 Å². The maximum absolute atomic E-state index is 13.7. The molecule has 3 aliphatic rings. The van der Waals surface area contributed by atoms with Crippen LogP contribution in [0.2, 0.25) is 0 Å². The largest absolute Gasteiger partial charge is 0.381 e. The lowest BCUT2D eigenvalue weighted by Gasteiger charge is -2.48. The lowest BCUT2D eigenvalue weighted by atomic mass is 9.72. The summed E-state index contributed by atoms with van der Waals surface area (Å²) < 4.78 is 11.6. The van der Waals surface area contributed by atoms with Crippen LogP contribution in [-0.4, -0.2) is 49.3 Å². The summed E-state index contributed by atoms with van der Waals surface area (Å²) in [5.41, 5.74) is 0.732. The molecule has 0 spiro atoms. The van der Waals surface area contributed by atoms with Gasteiger partial charge < -0.3 is 14.4 Å². The average Bonchev–Trinajstić information content (AvgIpc) is 2.68. The molecule has 130 valence electrons. The van der Waals surface area contributed by atoms with Gasteiger partial charge in [-0.3, -0.25) is 4.79 Å². The zero-order valence-corrected chi connectivity index (χ0v) is 14.3. The van der Waals surface area contributed by atoms with Crippen molar-refractivity contribution in [1.29, 1.82) is 0 Å². The third-order valence-corrected chi connectivity index (χ3v) is 6.08. The predicted molar refractivity (Wildman–Crippen MR) is 91.9 cm³/mol. The molecule has 4 rings (SSSR count). The summed E-state index contributed by atoms with van der Waals surface area (Å²) in [5.74, 6) is 0.303. The van der Waals surface area contributed by atoms with E-state index in [-0.39, 0.29) is 12.1 Å². The van der Waals surface area contributed by atoms with Crippen molar-refractivity contribution in [2.24, 2.45) is 0 Å². The van der Waals surface area contributed by atoms with Gasteiger partial charge in [-0.1, -0.05) is 43.2 Å². The second-order valence-electron chi connectivity index (χ2n) is 7.32. The Hall–Kier alpha value is -1.39.